The summed E-state index contributed by atoms with van der Waals surface area (Å²) in [5, 5.41) is 12.1. The predicted molar refractivity (Wildman–Crippen MR) is 85.2 cm³/mol. The fourth-order valence-corrected chi connectivity index (χ4v) is 3.11. The maximum Gasteiger partial charge on any atom is 0.268 e. The van der Waals surface area contributed by atoms with Crippen LogP contribution in [-0.2, 0) is 0 Å². The number of aromatic nitrogens is 1. The zero-order chi connectivity index (χ0) is 16.4. The highest BCUT2D eigenvalue weighted by atomic mass is 16.3. The van der Waals surface area contributed by atoms with Crippen LogP contribution >= 0.6 is 0 Å². The van der Waals surface area contributed by atoms with Gasteiger partial charge in [-0.15, -0.1) is 0 Å². The van der Waals surface area contributed by atoms with Crippen LogP contribution in [0.25, 0.3) is 0 Å². The van der Waals surface area contributed by atoms with Gasteiger partial charge in [0.25, 0.3) is 5.91 Å². The highest BCUT2D eigenvalue weighted by molar-refractivity contribution is 6.03. The summed E-state index contributed by atoms with van der Waals surface area (Å²) in [7, 11) is 0. The third-order valence-corrected chi connectivity index (χ3v) is 4.11. The molecule has 120 valence electrons. The fourth-order valence-electron chi connectivity index (χ4n) is 3.11. The van der Waals surface area contributed by atoms with Crippen LogP contribution in [0, 0.1) is 12.8 Å². The Balaban J connectivity index is 2.25. The SMILES string of the molecule is CC(=O)c1c(C)[nH]c(C(=O)N[C@@H]2C=C[C@H](CO)C2)c1C(C)C. The quantitative estimate of drug-likeness (QED) is 0.576. The highest BCUT2D eigenvalue weighted by Gasteiger charge is 2.27. The Bertz CT molecular complexity index is 614. The number of rotatable bonds is 5. The van der Waals surface area contributed by atoms with Crippen molar-refractivity contribution < 1.29 is 14.7 Å². The van der Waals surface area contributed by atoms with E-state index in [-0.39, 0.29) is 36.2 Å². The molecule has 3 N–H and O–H groups in total. The van der Waals surface area contributed by atoms with Gasteiger partial charge in [0, 0.05) is 29.8 Å². The van der Waals surface area contributed by atoms with Crippen molar-refractivity contribution in [1.29, 1.82) is 0 Å². The molecule has 5 heteroatoms. The Morgan fingerprint density at radius 3 is 2.59 bits per heavy atom. The number of aliphatic hydroxyl groups is 1. The summed E-state index contributed by atoms with van der Waals surface area (Å²) in [5.41, 5.74) is 2.61. The maximum absolute atomic E-state index is 12.6. The molecular formula is C17H24N2O3. The Kier molecular flexibility index (Phi) is 4.86. The summed E-state index contributed by atoms with van der Waals surface area (Å²) in [6.07, 6.45) is 4.54. The van der Waals surface area contributed by atoms with E-state index in [1.165, 1.54) is 6.92 Å². The lowest BCUT2D eigenvalue weighted by Gasteiger charge is -2.14. The maximum atomic E-state index is 12.6. The normalized spacial score (nSPS) is 20.6. The van der Waals surface area contributed by atoms with Crippen LogP contribution in [0.3, 0.4) is 0 Å². The predicted octanol–water partition coefficient (Wildman–Crippen LogP) is 2.32. The topological polar surface area (TPSA) is 82.2 Å². The molecule has 1 heterocycles. The van der Waals surface area contributed by atoms with Crippen LogP contribution in [0.1, 0.15) is 65.2 Å². The number of aliphatic hydroxyl groups excluding tert-OH is 1. The van der Waals surface area contributed by atoms with Crippen molar-refractivity contribution >= 4 is 11.7 Å². The first-order valence-corrected chi connectivity index (χ1v) is 7.68. The Labute approximate surface area is 130 Å². The van der Waals surface area contributed by atoms with E-state index < -0.39 is 0 Å². The highest BCUT2D eigenvalue weighted by Crippen LogP contribution is 2.27. The van der Waals surface area contributed by atoms with E-state index >= 15 is 0 Å². The number of aryl methyl sites for hydroxylation is 1. The van der Waals surface area contributed by atoms with Crippen molar-refractivity contribution in [3.63, 3.8) is 0 Å². The summed E-state index contributed by atoms with van der Waals surface area (Å²) < 4.78 is 0. The molecule has 1 aliphatic rings. The monoisotopic (exact) mass is 304 g/mol. The molecule has 0 aromatic carbocycles. The smallest absolute Gasteiger partial charge is 0.268 e. The van der Waals surface area contributed by atoms with E-state index in [4.69, 9.17) is 5.11 Å². The third kappa shape index (κ3) is 3.14. The molecule has 1 aromatic rings. The number of carbonyl (C=O) groups excluding carboxylic acids is 2. The van der Waals surface area contributed by atoms with Gasteiger partial charge in [-0.1, -0.05) is 26.0 Å². The number of H-pyrrole nitrogens is 1. The molecule has 0 fully saturated rings. The van der Waals surface area contributed by atoms with Gasteiger partial charge in [-0.25, -0.2) is 0 Å². The standard InChI is InChI=1S/C17H24N2O3/c1-9(2)14-15(11(4)21)10(3)18-16(14)17(22)19-13-6-5-12(7-13)8-20/h5-6,9,12-13,18,20H,7-8H2,1-4H3,(H,19,22)/t12-,13+/m0/s1. The third-order valence-electron chi connectivity index (χ3n) is 4.11. The Hall–Kier alpha value is -1.88. The van der Waals surface area contributed by atoms with E-state index in [2.05, 4.69) is 10.3 Å². The number of hydrogen-bond acceptors (Lipinski definition) is 3. The Morgan fingerprint density at radius 2 is 2.09 bits per heavy atom. The van der Waals surface area contributed by atoms with Gasteiger partial charge in [0.05, 0.1) is 0 Å². The van der Waals surface area contributed by atoms with E-state index in [1.54, 1.807) is 0 Å². The molecule has 0 aliphatic heterocycles. The first-order chi connectivity index (χ1) is 10.3. The number of aromatic amines is 1. The molecule has 1 aliphatic carbocycles. The summed E-state index contributed by atoms with van der Waals surface area (Å²) in [4.78, 5) is 27.5. The van der Waals surface area contributed by atoms with Crippen LogP contribution in [-0.4, -0.2) is 34.4 Å². The molecule has 0 saturated heterocycles. The largest absolute Gasteiger partial charge is 0.396 e. The molecule has 0 bridgehead atoms. The zero-order valence-corrected chi connectivity index (χ0v) is 13.6. The van der Waals surface area contributed by atoms with Crippen LogP contribution in [0.15, 0.2) is 12.2 Å². The van der Waals surface area contributed by atoms with Crippen LogP contribution in [0.4, 0.5) is 0 Å². The van der Waals surface area contributed by atoms with Gasteiger partial charge in [-0.05, 0) is 31.7 Å². The molecule has 1 aromatic heterocycles. The van der Waals surface area contributed by atoms with E-state index in [9.17, 15) is 9.59 Å². The van der Waals surface area contributed by atoms with Gasteiger partial charge >= 0.3 is 0 Å². The number of carbonyl (C=O) groups is 2. The van der Waals surface area contributed by atoms with E-state index in [0.29, 0.717) is 17.7 Å². The van der Waals surface area contributed by atoms with Crippen LogP contribution < -0.4 is 5.32 Å². The molecule has 0 radical (unpaired) electrons. The zero-order valence-electron chi connectivity index (χ0n) is 13.6. The van der Waals surface area contributed by atoms with Gasteiger partial charge in [0.2, 0.25) is 0 Å². The van der Waals surface area contributed by atoms with Crippen LogP contribution in [0.5, 0.6) is 0 Å². The van der Waals surface area contributed by atoms with Gasteiger partial charge in [0.1, 0.15) is 5.69 Å². The van der Waals surface area contributed by atoms with Crippen molar-refractivity contribution in [2.24, 2.45) is 5.92 Å². The van der Waals surface area contributed by atoms with Crippen molar-refractivity contribution in [3.05, 3.63) is 34.7 Å². The summed E-state index contributed by atoms with van der Waals surface area (Å²) in [6.45, 7) is 7.38. The lowest BCUT2D eigenvalue weighted by Crippen LogP contribution is -2.33. The second-order valence-electron chi connectivity index (χ2n) is 6.27. The molecule has 0 unspecified atom stereocenters. The van der Waals surface area contributed by atoms with Gasteiger partial charge < -0.3 is 15.4 Å². The molecule has 1 amide bonds. The minimum absolute atomic E-state index is 0.0300. The summed E-state index contributed by atoms with van der Waals surface area (Å²) in [6, 6.07) is -0.0750. The molecule has 2 atom stereocenters. The number of ketones is 1. The Morgan fingerprint density at radius 1 is 1.41 bits per heavy atom. The minimum atomic E-state index is -0.201. The van der Waals surface area contributed by atoms with Gasteiger partial charge in [-0.2, -0.15) is 0 Å². The summed E-state index contributed by atoms with van der Waals surface area (Å²) in [5.74, 6) is -0.0490. The van der Waals surface area contributed by atoms with Gasteiger partial charge in [-0.3, -0.25) is 9.59 Å². The number of Topliss-reactive ketones (excluding diaryl/α,β-unsaturated/α-hetero) is 1. The molecule has 22 heavy (non-hydrogen) atoms. The van der Waals surface area contributed by atoms with Crippen molar-refractivity contribution in [2.75, 3.05) is 6.61 Å². The molecular weight excluding hydrogens is 280 g/mol. The van der Waals surface area contributed by atoms with Crippen LogP contribution in [0.2, 0.25) is 0 Å². The van der Waals surface area contributed by atoms with E-state index in [0.717, 1.165) is 11.3 Å². The molecule has 0 spiro atoms. The first-order valence-electron chi connectivity index (χ1n) is 7.68. The summed E-state index contributed by atoms with van der Waals surface area (Å²) >= 11 is 0. The lowest BCUT2D eigenvalue weighted by atomic mass is 9.95. The second-order valence-corrected chi connectivity index (χ2v) is 6.27. The fraction of sp³-hybridized carbons (Fsp3) is 0.529. The minimum Gasteiger partial charge on any atom is -0.396 e. The van der Waals surface area contributed by atoms with Crippen molar-refractivity contribution in [2.45, 2.75) is 46.1 Å². The number of nitrogens with one attached hydrogen (secondary N) is 2. The first kappa shape index (κ1) is 16.5. The van der Waals surface area contributed by atoms with E-state index in [1.807, 2.05) is 32.9 Å². The lowest BCUT2D eigenvalue weighted by molar-refractivity contribution is 0.0935. The van der Waals surface area contributed by atoms with Crippen molar-refractivity contribution in [1.82, 2.24) is 10.3 Å². The van der Waals surface area contributed by atoms with Gasteiger partial charge in [0.15, 0.2) is 5.78 Å². The molecule has 5 nitrogen and oxygen atoms in total. The van der Waals surface area contributed by atoms with Crippen molar-refractivity contribution in [3.8, 4) is 0 Å². The average molecular weight is 304 g/mol. The molecule has 0 saturated carbocycles. The number of hydrogen-bond donors (Lipinski definition) is 3. The average Bonchev–Trinajstić information content (AvgIpc) is 3.02. The second kappa shape index (κ2) is 6.48. The molecule has 2 rings (SSSR count). The number of amides is 1.